The molecule has 0 aromatic heterocycles. The van der Waals surface area contributed by atoms with Crippen LogP contribution in [-0.2, 0) is 19.1 Å². The molecule has 10 heteroatoms. The van der Waals surface area contributed by atoms with Gasteiger partial charge in [0.2, 0.25) is 17.5 Å². The second-order valence-electron chi connectivity index (χ2n) is 6.87. The van der Waals surface area contributed by atoms with E-state index in [1.165, 1.54) is 11.8 Å². The highest BCUT2D eigenvalue weighted by atomic mass is 16.5. The molecule has 1 aromatic rings. The van der Waals surface area contributed by atoms with Crippen LogP contribution in [0.1, 0.15) is 20.3 Å². The molecule has 0 spiro atoms. The Morgan fingerprint density at radius 1 is 1.21 bits per heavy atom. The zero-order valence-corrected chi connectivity index (χ0v) is 17.1. The van der Waals surface area contributed by atoms with Gasteiger partial charge < -0.3 is 20.3 Å². The summed E-state index contributed by atoms with van der Waals surface area (Å²) < 4.78 is 4.88. The molecule has 1 aromatic carbocycles. The summed E-state index contributed by atoms with van der Waals surface area (Å²) in [5, 5.41) is 10.2. The Morgan fingerprint density at radius 2 is 1.83 bits per heavy atom. The van der Waals surface area contributed by atoms with Gasteiger partial charge in [-0.25, -0.2) is 9.59 Å². The lowest BCUT2D eigenvalue weighted by atomic mass is 9.87. The first kappa shape index (κ1) is 21.9. The highest BCUT2D eigenvalue weighted by molar-refractivity contribution is 6.06. The molecule has 0 saturated heterocycles. The monoisotopic (exact) mass is 403 g/mol. The number of amides is 4. The number of ether oxygens (including phenoxy) is 1. The van der Waals surface area contributed by atoms with Crippen molar-refractivity contribution in [3.8, 4) is 0 Å². The number of para-hydroxylation sites is 1. The van der Waals surface area contributed by atoms with Gasteiger partial charge in [0.05, 0.1) is 13.0 Å². The molecule has 0 bridgehead atoms. The first-order chi connectivity index (χ1) is 13.6. The Balaban J connectivity index is 2.55. The molecular formula is C19H25N5O5. The molecule has 1 aliphatic rings. The van der Waals surface area contributed by atoms with Crippen LogP contribution in [0.4, 0.5) is 10.5 Å². The van der Waals surface area contributed by atoms with E-state index in [0.717, 1.165) is 12.1 Å². The van der Waals surface area contributed by atoms with Crippen LogP contribution in [-0.4, -0.2) is 66.3 Å². The second-order valence-corrected chi connectivity index (χ2v) is 6.87. The number of hydrogen-bond acceptors (Lipinski definition) is 6. The average Bonchev–Trinajstić information content (AvgIpc) is 2.68. The van der Waals surface area contributed by atoms with Crippen molar-refractivity contribution in [1.82, 2.24) is 15.2 Å². The Kier molecular flexibility index (Phi) is 6.57. The molecule has 0 saturated carbocycles. The second kappa shape index (κ2) is 8.72. The molecule has 10 nitrogen and oxygen atoms in total. The number of nitrogens with one attached hydrogen (secondary N) is 2. The molecule has 156 valence electrons. The van der Waals surface area contributed by atoms with Crippen LogP contribution >= 0.6 is 0 Å². The van der Waals surface area contributed by atoms with Crippen LogP contribution in [0.5, 0.6) is 0 Å². The number of rotatable bonds is 4. The van der Waals surface area contributed by atoms with E-state index >= 15 is 0 Å². The van der Waals surface area contributed by atoms with E-state index in [2.05, 4.69) is 15.7 Å². The minimum Gasteiger partial charge on any atom is -0.466 e. The zero-order valence-electron chi connectivity index (χ0n) is 17.1. The van der Waals surface area contributed by atoms with Crippen molar-refractivity contribution < 1.29 is 23.9 Å². The number of hydrogen-bond donors (Lipinski definition) is 2. The van der Waals surface area contributed by atoms with Gasteiger partial charge in [-0.15, -0.1) is 0 Å². The van der Waals surface area contributed by atoms with Crippen molar-refractivity contribution in [3.63, 3.8) is 0 Å². The van der Waals surface area contributed by atoms with Gasteiger partial charge in [-0.3, -0.25) is 9.59 Å². The molecule has 0 aliphatic carbocycles. The fourth-order valence-corrected chi connectivity index (χ4v) is 3.12. The summed E-state index contributed by atoms with van der Waals surface area (Å²) >= 11 is 0. The normalized spacial score (nSPS) is 20.9. The van der Waals surface area contributed by atoms with Crippen molar-refractivity contribution >= 4 is 35.2 Å². The van der Waals surface area contributed by atoms with Gasteiger partial charge in [0.25, 0.3) is 0 Å². The Bertz CT molecular complexity index is 839. The van der Waals surface area contributed by atoms with E-state index < -0.39 is 29.5 Å². The average molecular weight is 403 g/mol. The van der Waals surface area contributed by atoms with Crippen molar-refractivity contribution in [3.05, 3.63) is 30.3 Å². The first-order valence-electron chi connectivity index (χ1n) is 8.92. The SMILES string of the molecule is COC(=O)[C@@]1(NC(C)=O)C[C@H](C(=O)N(C)C)C(C)=NN1C(=O)Nc1ccccc1. The molecule has 1 aliphatic heterocycles. The van der Waals surface area contributed by atoms with Gasteiger partial charge in [-0.1, -0.05) is 18.2 Å². The van der Waals surface area contributed by atoms with Gasteiger partial charge in [0.15, 0.2) is 0 Å². The highest BCUT2D eigenvalue weighted by Crippen LogP contribution is 2.32. The summed E-state index contributed by atoms with van der Waals surface area (Å²) in [5.74, 6) is -2.63. The van der Waals surface area contributed by atoms with Gasteiger partial charge in [0, 0.05) is 38.8 Å². The third-order valence-electron chi connectivity index (χ3n) is 4.49. The van der Waals surface area contributed by atoms with Crippen molar-refractivity contribution in [2.24, 2.45) is 11.0 Å². The van der Waals surface area contributed by atoms with E-state index in [1.807, 2.05) is 0 Å². The third-order valence-corrected chi connectivity index (χ3v) is 4.49. The molecule has 0 radical (unpaired) electrons. The molecule has 1 heterocycles. The topological polar surface area (TPSA) is 120 Å². The first-order valence-corrected chi connectivity index (χ1v) is 8.92. The van der Waals surface area contributed by atoms with Gasteiger partial charge in [-0.2, -0.15) is 10.1 Å². The summed E-state index contributed by atoms with van der Waals surface area (Å²) in [4.78, 5) is 51.7. The summed E-state index contributed by atoms with van der Waals surface area (Å²) in [7, 11) is 4.28. The summed E-state index contributed by atoms with van der Waals surface area (Å²) in [6, 6.07) is 7.81. The molecule has 29 heavy (non-hydrogen) atoms. The Labute approximate surface area is 168 Å². The van der Waals surface area contributed by atoms with Crippen LogP contribution in [0, 0.1) is 5.92 Å². The molecule has 0 unspecified atom stereocenters. The van der Waals surface area contributed by atoms with Gasteiger partial charge >= 0.3 is 12.0 Å². The lowest BCUT2D eigenvalue weighted by Gasteiger charge is -2.43. The molecule has 2 rings (SSSR count). The Morgan fingerprint density at radius 3 is 2.34 bits per heavy atom. The standard InChI is InChI=1S/C19H25N5O5/c1-12-15(16(26)23(3)4)11-19(17(27)29-5,21-13(2)25)24(22-12)18(28)20-14-9-7-6-8-10-14/h6-10,15H,11H2,1-5H3,(H,20,28)(H,21,25)/t15-,19+/m0/s1. The largest absolute Gasteiger partial charge is 0.466 e. The number of benzene rings is 1. The Hall–Kier alpha value is -3.43. The van der Waals surface area contributed by atoms with E-state index in [4.69, 9.17) is 4.74 Å². The maximum Gasteiger partial charge on any atom is 0.354 e. The smallest absolute Gasteiger partial charge is 0.354 e. The summed E-state index contributed by atoms with van der Waals surface area (Å²) in [6.07, 6.45) is -0.214. The number of anilines is 1. The van der Waals surface area contributed by atoms with E-state index in [1.54, 1.807) is 51.4 Å². The van der Waals surface area contributed by atoms with Crippen molar-refractivity contribution in [2.75, 3.05) is 26.5 Å². The minimum absolute atomic E-state index is 0.214. The number of nitrogens with zero attached hydrogens (tertiary/aromatic N) is 3. The number of hydrazone groups is 1. The predicted molar refractivity (Wildman–Crippen MR) is 106 cm³/mol. The lowest BCUT2D eigenvalue weighted by molar-refractivity contribution is -0.161. The highest BCUT2D eigenvalue weighted by Gasteiger charge is 2.55. The lowest BCUT2D eigenvalue weighted by Crippen LogP contribution is -2.69. The molecule has 4 amide bonds. The molecule has 2 N–H and O–H groups in total. The van der Waals surface area contributed by atoms with E-state index in [-0.39, 0.29) is 12.3 Å². The third kappa shape index (κ3) is 4.53. The number of carbonyl (C=O) groups is 4. The fourth-order valence-electron chi connectivity index (χ4n) is 3.12. The molecular weight excluding hydrogens is 378 g/mol. The van der Waals surface area contributed by atoms with Crippen LogP contribution in [0.25, 0.3) is 0 Å². The number of urea groups is 1. The number of methoxy groups -OCH3 is 1. The van der Waals surface area contributed by atoms with E-state index in [0.29, 0.717) is 11.4 Å². The van der Waals surface area contributed by atoms with Gasteiger partial charge in [-0.05, 0) is 19.1 Å². The fraction of sp³-hybridized carbons (Fsp3) is 0.421. The van der Waals surface area contributed by atoms with Crippen LogP contribution in [0.3, 0.4) is 0 Å². The van der Waals surface area contributed by atoms with Gasteiger partial charge in [0.1, 0.15) is 0 Å². The summed E-state index contributed by atoms with van der Waals surface area (Å²) in [6.45, 7) is 2.79. The van der Waals surface area contributed by atoms with Crippen LogP contribution in [0.15, 0.2) is 35.4 Å². The quantitative estimate of drug-likeness (QED) is 0.727. The number of carbonyl (C=O) groups excluding carboxylic acids is 4. The van der Waals surface area contributed by atoms with Crippen molar-refractivity contribution in [2.45, 2.75) is 25.9 Å². The van der Waals surface area contributed by atoms with Crippen molar-refractivity contribution in [1.29, 1.82) is 0 Å². The zero-order chi connectivity index (χ0) is 21.8. The maximum absolute atomic E-state index is 13.0. The van der Waals surface area contributed by atoms with Crippen LogP contribution in [0.2, 0.25) is 0 Å². The minimum atomic E-state index is -1.98. The van der Waals surface area contributed by atoms with Crippen LogP contribution < -0.4 is 10.6 Å². The predicted octanol–water partition coefficient (Wildman–Crippen LogP) is 1.01. The summed E-state index contributed by atoms with van der Waals surface area (Å²) in [5.41, 5.74) is -1.18. The maximum atomic E-state index is 13.0. The number of esters is 1. The molecule has 0 fully saturated rings. The molecule has 2 atom stereocenters. The van der Waals surface area contributed by atoms with E-state index in [9.17, 15) is 19.2 Å².